The van der Waals surface area contributed by atoms with Crippen LogP contribution in [0.3, 0.4) is 0 Å². The average Bonchev–Trinajstić information content (AvgIpc) is 2.25. The van der Waals surface area contributed by atoms with E-state index in [1.165, 1.54) is 22.1 Å². The predicted octanol–water partition coefficient (Wildman–Crippen LogP) is 3.57. The van der Waals surface area contributed by atoms with Crippen molar-refractivity contribution in [3.63, 3.8) is 0 Å². The molecule has 0 aliphatic rings. The molecule has 1 aromatic rings. The van der Waals surface area contributed by atoms with Crippen LogP contribution < -0.4 is 5.32 Å². The van der Waals surface area contributed by atoms with E-state index < -0.39 is 0 Å². The van der Waals surface area contributed by atoms with Crippen molar-refractivity contribution in [3.05, 3.63) is 24.3 Å². The molecule has 0 aliphatic carbocycles. The molecule has 0 spiro atoms. The highest BCUT2D eigenvalue weighted by Crippen LogP contribution is 2.17. The number of hydrogen-bond donors (Lipinski definition) is 1. The first-order valence-electron chi connectivity index (χ1n) is 4.82. The van der Waals surface area contributed by atoms with Crippen LogP contribution in [0.25, 0.3) is 0 Å². The van der Waals surface area contributed by atoms with Crippen LogP contribution in [0.2, 0.25) is 0 Å². The van der Waals surface area contributed by atoms with Crippen LogP contribution in [-0.4, -0.2) is 24.3 Å². The van der Waals surface area contributed by atoms with Gasteiger partial charge in [-0.05, 0) is 36.3 Å². The molecule has 78 valence electrons. The molecule has 0 aliphatic heterocycles. The zero-order valence-corrected chi connectivity index (χ0v) is 10.4. The van der Waals surface area contributed by atoms with E-state index in [-0.39, 0.29) is 0 Å². The molecule has 0 saturated heterocycles. The molecule has 3 heteroatoms. The lowest BCUT2D eigenvalue weighted by Crippen LogP contribution is -2.03. The lowest BCUT2D eigenvalue weighted by molar-refractivity contribution is 1.22. The summed E-state index contributed by atoms with van der Waals surface area (Å²) in [6.07, 6.45) is 2.10. The Balaban J connectivity index is 2.29. The number of nitrogens with one attached hydrogen (secondary N) is 1. The third kappa shape index (κ3) is 4.29. The molecule has 0 radical (unpaired) electrons. The van der Waals surface area contributed by atoms with Crippen LogP contribution in [-0.2, 0) is 0 Å². The SMILES string of the molecule is CCSCCNc1ccc(SC)cc1. The number of thioether (sulfide) groups is 2. The number of benzene rings is 1. The van der Waals surface area contributed by atoms with Gasteiger partial charge in [-0.25, -0.2) is 0 Å². The third-order valence-electron chi connectivity index (χ3n) is 1.87. The summed E-state index contributed by atoms with van der Waals surface area (Å²) in [6.45, 7) is 3.25. The summed E-state index contributed by atoms with van der Waals surface area (Å²) in [6, 6.07) is 8.59. The van der Waals surface area contributed by atoms with Crippen LogP contribution in [0, 0.1) is 0 Å². The van der Waals surface area contributed by atoms with E-state index in [9.17, 15) is 0 Å². The van der Waals surface area contributed by atoms with E-state index in [0.717, 1.165) is 6.54 Å². The van der Waals surface area contributed by atoms with E-state index in [2.05, 4.69) is 42.8 Å². The molecule has 0 bridgehead atoms. The van der Waals surface area contributed by atoms with Crippen LogP contribution >= 0.6 is 23.5 Å². The summed E-state index contributed by atoms with van der Waals surface area (Å²) < 4.78 is 0. The first-order valence-corrected chi connectivity index (χ1v) is 7.20. The second kappa shape index (κ2) is 7.07. The molecule has 0 amide bonds. The zero-order valence-electron chi connectivity index (χ0n) is 8.75. The summed E-state index contributed by atoms with van der Waals surface area (Å²) in [5.41, 5.74) is 1.22. The number of hydrogen-bond acceptors (Lipinski definition) is 3. The van der Waals surface area contributed by atoms with Crippen LogP contribution in [0.5, 0.6) is 0 Å². The second-order valence-electron chi connectivity index (χ2n) is 2.85. The molecule has 1 N–H and O–H groups in total. The molecule has 1 rings (SSSR count). The van der Waals surface area contributed by atoms with Crippen molar-refractivity contribution in [1.29, 1.82) is 0 Å². The Morgan fingerprint density at radius 2 is 1.93 bits per heavy atom. The highest BCUT2D eigenvalue weighted by molar-refractivity contribution is 7.99. The molecule has 0 unspecified atom stereocenters. The Labute approximate surface area is 95.1 Å². The second-order valence-corrected chi connectivity index (χ2v) is 5.13. The third-order valence-corrected chi connectivity index (χ3v) is 3.51. The normalized spacial score (nSPS) is 10.1. The Bertz CT molecular complexity index is 246. The fourth-order valence-corrected chi connectivity index (χ4v) is 2.06. The Kier molecular flexibility index (Phi) is 5.96. The quantitative estimate of drug-likeness (QED) is 0.589. The molecular formula is C11H17NS2. The largest absolute Gasteiger partial charge is 0.384 e. The fraction of sp³-hybridized carbons (Fsp3) is 0.455. The van der Waals surface area contributed by atoms with Gasteiger partial charge < -0.3 is 5.32 Å². The van der Waals surface area contributed by atoms with Crippen molar-refractivity contribution in [2.45, 2.75) is 11.8 Å². The maximum Gasteiger partial charge on any atom is 0.0341 e. The van der Waals surface area contributed by atoms with Gasteiger partial charge >= 0.3 is 0 Å². The van der Waals surface area contributed by atoms with Gasteiger partial charge in [0.25, 0.3) is 0 Å². The van der Waals surface area contributed by atoms with Crippen molar-refractivity contribution in [1.82, 2.24) is 0 Å². The van der Waals surface area contributed by atoms with Gasteiger partial charge in [-0.2, -0.15) is 11.8 Å². The maximum atomic E-state index is 3.40. The molecule has 14 heavy (non-hydrogen) atoms. The summed E-state index contributed by atoms with van der Waals surface area (Å²) in [5, 5.41) is 3.40. The van der Waals surface area contributed by atoms with Gasteiger partial charge in [-0.15, -0.1) is 11.8 Å². The standard InChI is InChI=1S/C11H17NS2/c1-3-14-9-8-12-10-4-6-11(13-2)7-5-10/h4-7,12H,3,8-9H2,1-2H3. The molecule has 1 nitrogen and oxygen atoms in total. The fourth-order valence-electron chi connectivity index (χ4n) is 1.12. The average molecular weight is 227 g/mol. The number of anilines is 1. The van der Waals surface area contributed by atoms with Crippen LogP contribution in [0.1, 0.15) is 6.92 Å². The highest BCUT2D eigenvalue weighted by Gasteiger charge is 1.92. The summed E-state index contributed by atoms with van der Waals surface area (Å²) >= 11 is 3.75. The first kappa shape index (κ1) is 11.8. The van der Waals surface area contributed by atoms with E-state index in [4.69, 9.17) is 0 Å². The summed E-state index contributed by atoms with van der Waals surface area (Å²) in [7, 11) is 0. The van der Waals surface area contributed by atoms with E-state index >= 15 is 0 Å². The van der Waals surface area contributed by atoms with E-state index in [0.29, 0.717) is 0 Å². The molecule has 1 aromatic carbocycles. The summed E-state index contributed by atoms with van der Waals surface area (Å²) in [5.74, 6) is 2.38. The van der Waals surface area contributed by atoms with Crippen molar-refractivity contribution in [3.8, 4) is 0 Å². The van der Waals surface area contributed by atoms with Crippen molar-refractivity contribution in [2.75, 3.05) is 29.6 Å². The monoisotopic (exact) mass is 227 g/mol. The minimum Gasteiger partial charge on any atom is -0.384 e. The van der Waals surface area contributed by atoms with Crippen LogP contribution in [0.15, 0.2) is 29.2 Å². The lowest BCUT2D eigenvalue weighted by atomic mass is 10.3. The van der Waals surface area contributed by atoms with E-state index in [1.54, 1.807) is 11.8 Å². The predicted molar refractivity (Wildman–Crippen MR) is 69.7 cm³/mol. The van der Waals surface area contributed by atoms with Gasteiger partial charge in [0.2, 0.25) is 0 Å². The lowest BCUT2D eigenvalue weighted by Gasteiger charge is -2.05. The molecule has 0 fully saturated rings. The van der Waals surface area contributed by atoms with Gasteiger partial charge in [-0.1, -0.05) is 6.92 Å². The Morgan fingerprint density at radius 1 is 1.21 bits per heavy atom. The van der Waals surface area contributed by atoms with Crippen LogP contribution in [0.4, 0.5) is 5.69 Å². The van der Waals surface area contributed by atoms with Gasteiger partial charge in [0.15, 0.2) is 0 Å². The maximum absolute atomic E-state index is 3.40. The topological polar surface area (TPSA) is 12.0 Å². The van der Waals surface area contributed by atoms with Gasteiger partial charge in [-0.3, -0.25) is 0 Å². The smallest absolute Gasteiger partial charge is 0.0341 e. The van der Waals surface area contributed by atoms with Gasteiger partial charge in [0.05, 0.1) is 0 Å². The minimum atomic E-state index is 1.05. The Hall–Kier alpha value is -0.280. The highest BCUT2D eigenvalue weighted by atomic mass is 32.2. The molecule has 0 aromatic heterocycles. The van der Waals surface area contributed by atoms with Crippen molar-refractivity contribution in [2.24, 2.45) is 0 Å². The van der Waals surface area contributed by atoms with Crippen molar-refractivity contribution >= 4 is 29.2 Å². The minimum absolute atomic E-state index is 1.05. The Morgan fingerprint density at radius 3 is 2.50 bits per heavy atom. The van der Waals surface area contributed by atoms with Gasteiger partial charge in [0.1, 0.15) is 0 Å². The summed E-state index contributed by atoms with van der Waals surface area (Å²) in [4.78, 5) is 1.32. The van der Waals surface area contributed by atoms with Gasteiger partial charge in [0, 0.05) is 22.9 Å². The van der Waals surface area contributed by atoms with E-state index in [1.807, 2.05) is 11.8 Å². The molecule has 0 heterocycles. The van der Waals surface area contributed by atoms with Crippen molar-refractivity contribution < 1.29 is 0 Å². The molecular weight excluding hydrogens is 210 g/mol. The number of rotatable bonds is 6. The first-order chi connectivity index (χ1) is 6.86. The molecule has 0 saturated carbocycles. The molecule has 0 atom stereocenters. The zero-order chi connectivity index (χ0) is 10.2.